The summed E-state index contributed by atoms with van der Waals surface area (Å²) in [6.45, 7) is 2.43. The Labute approximate surface area is 185 Å². The van der Waals surface area contributed by atoms with Crippen LogP contribution >= 0.6 is 0 Å². The van der Waals surface area contributed by atoms with E-state index in [0.717, 1.165) is 0 Å². The summed E-state index contributed by atoms with van der Waals surface area (Å²) in [7, 11) is -3.23. The number of fused-ring (bicyclic) bond motifs is 1. The Morgan fingerprint density at radius 3 is 2.50 bits per heavy atom. The Morgan fingerprint density at radius 1 is 1.25 bits per heavy atom. The SMILES string of the molecule is C[C@@]1(O)CCC[C@H]1n1c(=O)c(C(F)F)cc2cnc(NC3CCN(S(C)(=O)=O)CC3)cc21. The molecule has 8 nitrogen and oxygen atoms in total. The summed E-state index contributed by atoms with van der Waals surface area (Å²) >= 11 is 0. The standard InChI is InChI=1S/C21H28F2N4O4S/c1-21(29)7-3-4-17(21)27-16-11-18(24-12-13(16)10-15(19(22)23)20(27)28)25-14-5-8-26(9-6-14)32(2,30)31/h10-12,14,17,19,29H,3-9H2,1-2H3,(H,24,25)/t17-,21-/m1/s1. The van der Waals surface area contributed by atoms with Gasteiger partial charge in [0, 0.05) is 36.8 Å². The van der Waals surface area contributed by atoms with Crippen LogP contribution < -0.4 is 10.9 Å². The summed E-state index contributed by atoms with van der Waals surface area (Å²) in [6, 6.07) is 2.21. The van der Waals surface area contributed by atoms with E-state index in [1.807, 2.05) is 0 Å². The Bertz CT molecular complexity index is 1170. The number of alkyl halides is 2. The number of pyridine rings is 2. The van der Waals surface area contributed by atoms with Gasteiger partial charge >= 0.3 is 0 Å². The van der Waals surface area contributed by atoms with Crippen molar-refractivity contribution in [2.75, 3.05) is 24.7 Å². The normalized spacial score (nSPS) is 25.6. The molecule has 1 saturated heterocycles. The van der Waals surface area contributed by atoms with Gasteiger partial charge in [-0.05, 0) is 45.1 Å². The lowest BCUT2D eigenvalue weighted by Gasteiger charge is -2.31. The second-order valence-electron chi connectivity index (χ2n) is 9.05. The van der Waals surface area contributed by atoms with Crippen LogP contribution in [0.1, 0.15) is 57.1 Å². The summed E-state index contributed by atoms with van der Waals surface area (Å²) < 4.78 is 53.3. The van der Waals surface area contributed by atoms with Crippen LogP contribution in [0.25, 0.3) is 10.9 Å². The second-order valence-corrected chi connectivity index (χ2v) is 11.0. The van der Waals surface area contributed by atoms with E-state index in [0.29, 0.717) is 61.9 Å². The van der Waals surface area contributed by atoms with Crippen LogP contribution in [-0.4, -0.2) is 58.4 Å². The Balaban J connectivity index is 1.70. The van der Waals surface area contributed by atoms with Crippen molar-refractivity contribution < 1.29 is 22.3 Å². The zero-order valence-electron chi connectivity index (χ0n) is 18.1. The molecule has 1 saturated carbocycles. The highest BCUT2D eigenvalue weighted by Gasteiger charge is 2.40. The van der Waals surface area contributed by atoms with Crippen LogP contribution in [0.15, 0.2) is 23.1 Å². The molecule has 1 aliphatic carbocycles. The molecule has 0 unspecified atom stereocenters. The van der Waals surface area contributed by atoms with Crippen LogP contribution in [0.4, 0.5) is 14.6 Å². The van der Waals surface area contributed by atoms with Gasteiger partial charge in [-0.2, -0.15) is 0 Å². The largest absolute Gasteiger partial charge is 0.388 e. The van der Waals surface area contributed by atoms with Gasteiger partial charge < -0.3 is 15.0 Å². The molecule has 2 fully saturated rings. The van der Waals surface area contributed by atoms with Gasteiger partial charge in [-0.15, -0.1) is 0 Å². The van der Waals surface area contributed by atoms with Crippen molar-refractivity contribution >= 4 is 26.7 Å². The van der Waals surface area contributed by atoms with E-state index in [2.05, 4.69) is 10.3 Å². The first kappa shape index (κ1) is 23.1. The quantitative estimate of drug-likeness (QED) is 0.696. The van der Waals surface area contributed by atoms with Crippen molar-refractivity contribution in [3.8, 4) is 0 Å². The minimum Gasteiger partial charge on any atom is -0.388 e. The third-order valence-corrected chi connectivity index (χ3v) is 7.95. The molecule has 2 N–H and O–H groups in total. The molecule has 0 aromatic carbocycles. The van der Waals surface area contributed by atoms with E-state index in [1.165, 1.54) is 27.4 Å². The minimum atomic E-state index is -3.23. The van der Waals surface area contributed by atoms with Gasteiger partial charge in [0.1, 0.15) is 5.82 Å². The molecule has 2 atom stereocenters. The number of nitrogens with zero attached hydrogens (tertiary/aromatic N) is 3. The topological polar surface area (TPSA) is 105 Å². The summed E-state index contributed by atoms with van der Waals surface area (Å²) in [5.41, 5.74) is -2.13. The molecule has 0 amide bonds. The molecule has 2 aliphatic rings. The first-order valence-electron chi connectivity index (χ1n) is 10.7. The summed E-state index contributed by atoms with van der Waals surface area (Å²) in [6.07, 6.45) is 2.61. The molecule has 2 aromatic rings. The average Bonchev–Trinajstić information content (AvgIpc) is 3.05. The minimum absolute atomic E-state index is 0.00644. The molecular weight excluding hydrogens is 442 g/mol. The predicted molar refractivity (Wildman–Crippen MR) is 118 cm³/mol. The fourth-order valence-corrected chi connectivity index (χ4v) is 5.75. The fraction of sp³-hybridized carbons (Fsp3) is 0.619. The maximum atomic E-state index is 13.6. The maximum absolute atomic E-state index is 13.6. The lowest BCUT2D eigenvalue weighted by atomic mass is 9.99. The van der Waals surface area contributed by atoms with Crippen molar-refractivity contribution in [1.82, 2.24) is 13.9 Å². The Morgan fingerprint density at radius 2 is 1.94 bits per heavy atom. The molecule has 1 aliphatic heterocycles. The molecule has 11 heteroatoms. The van der Waals surface area contributed by atoms with E-state index < -0.39 is 39.2 Å². The summed E-state index contributed by atoms with van der Waals surface area (Å²) in [4.78, 5) is 17.3. The van der Waals surface area contributed by atoms with Gasteiger partial charge in [0.05, 0.1) is 29.0 Å². The van der Waals surface area contributed by atoms with E-state index in [1.54, 1.807) is 13.0 Å². The zero-order chi connectivity index (χ0) is 23.3. The number of halogens is 2. The smallest absolute Gasteiger partial charge is 0.269 e. The number of anilines is 1. The Hall–Kier alpha value is -2.11. The van der Waals surface area contributed by atoms with Gasteiger partial charge in [-0.3, -0.25) is 4.79 Å². The number of sulfonamides is 1. The molecule has 3 heterocycles. The van der Waals surface area contributed by atoms with Crippen LogP contribution in [0.2, 0.25) is 0 Å². The van der Waals surface area contributed by atoms with Gasteiger partial charge in [0.15, 0.2) is 0 Å². The van der Waals surface area contributed by atoms with Crippen LogP contribution in [0.3, 0.4) is 0 Å². The second kappa shape index (κ2) is 8.35. The molecule has 0 bridgehead atoms. The van der Waals surface area contributed by atoms with Crippen molar-refractivity contribution in [3.05, 3.63) is 34.2 Å². The summed E-state index contributed by atoms with van der Waals surface area (Å²) in [5.74, 6) is 0.478. The van der Waals surface area contributed by atoms with E-state index in [4.69, 9.17) is 0 Å². The zero-order valence-corrected chi connectivity index (χ0v) is 18.9. The van der Waals surface area contributed by atoms with Gasteiger partial charge in [0.2, 0.25) is 10.0 Å². The van der Waals surface area contributed by atoms with E-state index >= 15 is 0 Å². The van der Waals surface area contributed by atoms with Crippen molar-refractivity contribution in [1.29, 1.82) is 0 Å². The molecule has 0 spiro atoms. The third kappa shape index (κ3) is 4.38. The predicted octanol–water partition coefficient (Wildman–Crippen LogP) is 2.65. The van der Waals surface area contributed by atoms with Crippen molar-refractivity contribution in [3.63, 3.8) is 0 Å². The molecular formula is C21H28F2N4O4S. The number of nitrogens with one attached hydrogen (secondary N) is 1. The molecule has 2 aromatic heterocycles. The first-order valence-corrected chi connectivity index (χ1v) is 12.6. The fourth-order valence-electron chi connectivity index (χ4n) is 4.88. The summed E-state index contributed by atoms with van der Waals surface area (Å²) in [5, 5.41) is 14.5. The number of hydrogen-bond donors (Lipinski definition) is 2. The van der Waals surface area contributed by atoms with Crippen molar-refractivity contribution in [2.45, 2.75) is 63.1 Å². The molecule has 176 valence electrons. The highest BCUT2D eigenvalue weighted by atomic mass is 32.2. The van der Waals surface area contributed by atoms with E-state index in [9.17, 15) is 27.1 Å². The first-order chi connectivity index (χ1) is 15.0. The van der Waals surface area contributed by atoms with Crippen LogP contribution in [-0.2, 0) is 10.0 Å². The van der Waals surface area contributed by atoms with Gasteiger partial charge in [-0.25, -0.2) is 26.5 Å². The number of hydrogen-bond acceptors (Lipinski definition) is 6. The Kier molecular flexibility index (Phi) is 6.01. The van der Waals surface area contributed by atoms with Gasteiger partial charge in [0.25, 0.3) is 12.0 Å². The average molecular weight is 471 g/mol. The number of rotatable bonds is 5. The van der Waals surface area contributed by atoms with Crippen LogP contribution in [0.5, 0.6) is 0 Å². The van der Waals surface area contributed by atoms with Crippen molar-refractivity contribution in [2.24, 2.45) is 0 Å². The number of aliphatic hydroxyl groups is 1. The number of aromatic nitrogens is 2. The highest BCUT2D eigenvalue weighted by Crippen LogP contribution is 2.40. The van der Waals surface area contributed by atoms with Crippen LogP contribution in [0, 0.1) is 0 Å². The number of piperidine rings is 1. The van der Waals surface area contributed by atoms with Gasteiger partial charge in [-0.1, -0.05) is 0 Å². The molecule has 32 heavy (non-hydrogen) atoms. The van der Waals surface area contributed by atoms with E-state index in [-0.39, 0.29) is 6.04 Å². The lowest BCUT2D eigenvalue weighted by Crippen LogP contribution is -2.42. The maximum Gasteiger partial charge on any atom is 0.269 e. The molecule has 0 radical (unpaired) electrons. The monoisotopic (exact) mass is 470 g/mol. The highest BCUT2D eigenvalue weighted by molar-refractivity contribution is 7.88. The molecule has 4 rings (SSSR count). The third-order valence-electron chi connectivity index (χ3n) is 6.65. The lowest BCUT2D eigenvalue weighted by molar-refractivity contribution is 0.0263.